The van der Waals surface area contributed by atoms with E-state index in [1.807, 2.05) is 0 Å². The summed E-state index contributed by atoms with van der Waals surface area (Å²) >= 11 is 5.65. The first-order valence-electron chi connectivity index (χ1n) is 5.62. The second kappa shape index (κ2) is 5.63. The number of benzene rings is 2. The minimum absolute atomic E-state index is 0.0133. The van der Waals surface area contributed by atoms with E-state index in [1.165, 1.54) is 12.1 Å². The van der Waals surface area contributed by atoms with Crippen LogP contribution >= 0.6 is 11.6 Å². The van der Waals surface area contributed by atoms with Gasteiger partial charge >= 0.3 is 0 Å². The van der Waals surface area contributed by atoms with Gasteiger partial charge in [0.1, 0.15) is 17.5 Å². The fourth-order valence-electron chi connectivity index (χ4n) is 1.85. The van der Waals surface area contributed by atoms with Gasteiger partial charge in [0.25, 0.3) is 0 Å². The summed E-state index contributed by atoms with van der Waals surface area (Å²) in [5.74, 6) is -1.79. The maximum absolute atomic E-state index is 13.7. The molecule has 0 aliphatic carbocycles. The van der Waals surface area contributed by atoms with Gasteiger partial charge in [0.2, 0.25) is 0 Å². The van der Waals surface area contributed by atoms with Crippen molar-refractivity contribution in [1.29, 1.82) is 0 Å². The van der Waals surface area contributed by atoms with E-state index < -0.39 is 23.5 Å². The van der Waals surface area contributed by atoms with E-state index in [9.17, 15) is 13.2 Å². The predicted molar refractivity (Wildman–Crippen MR) is 68.4 cm³/mol. The first kappa shape index (κ1) is 13.9. The molecule has 0 heterocycles. The molecule has 0 spiro atoms. The van der Waals surface area contributed by atoms with Gasteiger partial charge in [0.15, 0.2) is 0 Å². The van der Waals surface area contributed by atoms with Crippen LogP contribution in [0.2, 0.25) is 5.02 Å². The van der Waals surface area contributed by atoms with Gasteiger partial charge in [0, 0.05) is 11.6 Å². The molecule has 5 heteroatoms. The molecule has 0 saturated heterocycles. The van der Waals surface area contributed by atoms with E-state index in [4.69, 9.17) is 17.3 Å². The third-order valence-corrected chi connectivity index (χ3v) is 3.12. The molecule has 1 unspecified atom stereocenters. The largest absolute Gasteiger partial charge is 0.324 e. The Morgan fingerprint density at radius 2 is 1.84 bits per heavy atom. The van der Waals surface area contributed by atoms with Crippen LogP contribution in [-0.4, -0.2) is 0 Å². The zero-order valence-corrected chi connectivity index (χ0v) is 10.6. The lowest BCUT2D eigenvalue weighted by Gasteiger charge is -2.14. The van der Waals surface area contributed by atoms with Gasteiger partial charge in [-0.15, -0.1) is 0 Å². The van der Waals surface area contributed by atoms with Gasteiger partial charge in [-0.25, -0.2) is 13.2 Å². The molecule has 0 radical (unpaired) electrons. The summed E-state index contributed by atoms with van der Waals surface area (Å²) in [7, 11) is 0. The third kappa shape index (κ3) is 3.08. The maximum atomic E-state index is 13.7. The lowest BCUT2D eigenvalue weighted by Crippen LogP contribution is -2.16. The minimum atomic E-state index is -0.844. The Hall–Kier alpha value is -1.52. The van der Waals surface area contributed by atoms with Crippen molar-refractivity contribution >= 4 is 11.6 Å². The number of hydrogen-bond acceptors (Lipinski definition) is 1. The van der Waals surface area contributed by atoms with E-state index >= 15 is 0 Å². The van der Waals surface area contributed by atoms with Crippen molar-refractivity contribution in [2.45, 2.75) is 12.5 Å². The van der Waals surface area contributed by atoms with Crippen molar-refractivity contribution in [1.82, 2.24) is 0 Å². The Labute approximate surface area is 113 Å². The van der Waals surface area contributed by atoms with Crippen LogP contribution in [-0.2, 0) is 6.42 Å². The zero-order chi connectivity index (χ0) is 14.0. The van der Waals surface area contributed by atoms with Gasteiger partial charge < -0.3 is 5.73 Å². The highest BCUT2D eigenvalue weighted by Crippen LogP contribution is 2.24. The molecule has 0 amide bonds. The summed E-state index contributed by atoms with van der Waals surface area (Å²) in [6.45, 7) is 0. The summed E-state index contributed by atoms with van der Waals surface area (Å²) in [6, 6.07) is 6.68. The summed E-state index contributed by atoms with van der Waals surface area (Å²) in [6.07, 6.45) is 0.0345. The molecule has 1 nitrogen and oxygen atoms in total. The summed E-state index contributed by atoms with van der Waals surface area (Å²) < 4.78 is 40.3. The van der Waals surface area contributed by atoms with Gasteiger partial charge in [-0.1, -0.05) is 23.7 Å². The fraction of sp³-hybridized carbons (Fsp3) is 0.143. The first-order valence-corrected chi connectivity index (χ1v) is 6.00. The lowest BCUT2D eigenvalue weighted by atomic mass is 9.99. The molecule has 1 atom stereocenters. The number of rotatable bonds is 3. The molecule has 19 heavy (non-hydrogen) atoms. The second-order valence-electron chi connectivity index (χ2n) is 4.19. The Bertz CT molecular complexity index is 601. The quantitative estimate of drug-likeness (QED) is 0.906. The van der Waals surface area contributed by atoms with Crippen molar-refractivity contribution < 1.29 is 13.2 Å². The Balaban J connectivity index is 2.28. The van der Waals surface area contributed by atoms with E-state index in [1.54, 1.807) is 6.07 Å². The molecule has 2 N–H and O–H groups in total. The molecule has 0 aliphatic rings. The van der Waals surface area contributed by atoms with Crippen LogP contribution < -0.4 is 5.73 Å². The highest BCUT2D eigenvalue weighted by atomic mass is 35.5. The average molecular weight is 286 g/mol. The van der Waals surface area contributed by atoms with Gasteiger partial charge in [0.05, 0.1) is 5.02 Å². The van der Waals surface area contributed by atoms with Crippen LogP contribution in [0.4, 0.5) is 13.2 Å². The van der Waals surface area contributed by atoms with Crippen molar-refractivity contribution in [2.24, 2.45) is 5.73 Å². The molecular formula is C14H11ClF3N. The van der Waals surface area contributed by atoms with Crippen LogP contribution in [0.3, 0.4) is 0 Å². The zero-order valence-electron chi connectivity index (χ0n) is 9.84. The molecular weight excluding hydrogens is 275 g/mol. The minimum Gasteiger partial charge on any atom is -0.324 e. The molecule has 0 aromatic heterocycles. The number of hydrogen-bond donors (Lipinski definition) is 1. The topological polar surface area (TPSA) is 26.0 Å². The van der Waals surface area contributed by atoms with Crippen LogP contribution in [0, 0.1) is 17.5 Å². The van der Waals surface area contributed by atoms with Crippen LogP contribution in [0.25, 0.3) is 0 Å². The standard InChI is InChI=1S/C14H11ClF3N/c15-11-3-1-2-8(14(11)18)6-13(19)10-7-9(16)4-5-12(10)17/h1-5,7,13H,6,19H2. The normalized spacial score (nSPS) is 12.5. The Morgan fingerprint density at radius 1 is 1.11 bits per heavy atom. The van der Waals surface area contributed by atoms with Crippen LogP contribution in [0.1, 0.15) is 17.2 Å². The summed E-state index contributed by atoms with van der Waals surface area (Å²) in [5.41, 5.74) is 6.08. The summed E-state index contributed by atoms with van der Waals surface area (Å²) in [4.78, 5) is 0. The first-order chi connectivity index (χ1) is 8.99. The van der Waals surface area contributed by atoms with E-state index in [2.05, 4.69) is 0 Å². The van der Waals surface area contributed by atoms with Gasteiger partial charge in [-0.2, -0.15) is 0 Å². The smallest absolute Gasteiger partial charge is 0.145 e. The monoisotopic (exact) mass is 285 g/mol. The van der Waals surface area contributed by atoms with Crippen molar-refractivity contribution in [3.05, 3.63) is 70.0 Å². The molecule has 0 fully saturated rings. The Morgan fingerprint density at radius 3 is 2.58 bits per heavy atom. The highest BCUT2D eigenvalue weighted by molar-refractivity contribution is 6.30. The fourth-order valence-corrected chi connectivity index (χ4v) is 2.05. The van der Waals surface area contributed by atoms with Crippen LogP contribution in [0.5, 0.6) is 0 Å². The molecule has 0 aliphatic heterocycles. The van der Waals surface area contributed by atoms with E-state index in [-0.39, 0.29) is 22.6 Å². The van der Waals surface area contributed by atoms with Crippen molar-refractivity contribution in [2.75, 3.05) is 0 Å². The highest BCUT2D eigenvalue weighted by Gasteiger charge is 2.16. The molecule has 2 aromatic rings. The maximum Gasteiger partial charge on any atom is 0.145 e. The summed E-state index contributed by atoms with van der Waals surface area (Å²) in [5, 5.41) is -0.0237. The molecule has 0 saturated carbocycles. The van der Waals surface area contributed by atoms with Gasteiger partial charge in [-0.05, 0) is 36.2 Å². The lowest BCUT2D eigenvalue weighted by molar-refractivity contribution is 0.551. The van der Waals surface area contributed by atoms with Gasteiger partial charge in [-0.3, -0.25) is 0 Å². The SMILES string of the molecule is NC(Cc1cccc(Cl)c1F)c1cc(F)ccc1F. The van der Waals surface area contributed by atoms with E-state index in [0.717, 1.165) is 18.2 Å². The third-order valence-electron chi connectivity index (χ3n) is 2.83. The van der Waals surface area contributed by atoms with Crippen LogP contribution in [0.15, 0.2) is 36.4 Å². The molecule has 2 rings (SSSR count). The Kier molecular flexibility index (Phi) is 4.12. The molecule has 2 aromatic carbocycles. The predicted octanol–water partition coefficient (Wildman–Crippen LogP) is 4.00. The average Bonchev–Trinajstić information content (AvgIpc) is 2.38. The van der Waals surface area contributed by atoms with Crippen molar-refractivity contribution in [3.8, 4) is 0 Å². The molecule has 100 valence electrons. The number of halogens is 4. The second-order valence-corrected chi connectivity index (χ2v) is 4.60. The number of nitrogens with two attached hydrogens (primary N) is 1. The van der Waals surface area contributed by atoms with E-state index in [0.29, 0.717) is 0 Å². The molecule has 0 bridgehead atoms. The van der Waals surface area contributed by atoms with Crippen molar-refractivity contribution in [3.63, 3.8) is 0 Å².